The lowest BCUT2D eigenvalue weighted by molar-refractivity contribution is 0.618. The fraction of sp³-hybridized carbons (Fsp3) is 0.0909. The molecule has 0 aliphatic carbocycles. The molecule has 0 radical (unpaired) electrons. The molecule has 0 saturated heterocycles. The van der Waals surface area contributed by atoms with Crippen LogP contribution in [0.1, 0.15) is 5.56 Å². The maximum Gasteiger partial charge on any atom is 0.264 e. The first kappa shape index (κ1) is 9.58. The van der Waals surface area contributed by atoms with Gasteiger partial charge in [-0.3, -0.25) is 4.79 Å². The van der Waals surface area contributed by atoms with E-state index < -0.39 is 0 Å². The van der Waals surface area contributed by atoms with E-state index in [9.17, 15) is 9.18 Å². The topological polar surface area (TPSA) is 45.8 Å². The van der Waals surface area contributed by atoms with Gasteiger partial charge in [-0.25, -0.2) is 9.49 Å². The van der Waals surface area contributed by atoms with E-state index in [0.717, 1.165) is 5.56 Å². The third kappa shape index (κ3) is 1.93. The lowest BCUT2D eigenvalue weighted by Crippen LogP contribution is -2.05. The molecule has 1 aromatic heterocycles. The van der Waals surface area contributed by atoms with Crippen molar-refractivity contribution in [3.05, 3.63) is 52.1 Å². The van der Waals surface area contributed by atoms with Crippen molar-refractivity contribution in [3.8, 4) is 11.3 Å². The molecule has 3 nitrogen and oxygen atoms in total. The Morgan fingerprint density at radius 2 is 2.07 bits per heavy atom. The molecule has 0 aliphatic rings. The standard InChI is InChI=1S/C11H9FN2O/c1-7-6-8(2-3-9(7)12)10-4-5-11(15)14-13-10/h2-6H,1H3,(H,14,15). The highest BCUT2D eigenvalue weighted by Crippen LogP contribution is 2.18. The minimum Gasteiger partial charge on any atom is -0.268 e. The summed E-state index contributed by atoms with van der Waals surface area (Å²) in [5, 5.41) is 6.19. The number of hydrogen-bond acceptors (Lipinski definition) is 2. The molecular weight excluding hydrogens is 195 g/mol. The number of aromatic amines is 1. The first-order chi connectivity index (χ1) is 7.16. The van der Waals surface area contributed by atoms with Crippen molar-refractivity contribution in [1.29, 1.82) is 0 Å². The Morgan fingerprint density at radius 1 is 1.27 bits per heavy atom. The molecule has 15 heavy (non-hydrogen) atoms. The van der Waals surface area contributed by atoms with Gasteiger partial charge < -0.3 is 0 Å². The van der Waals surface area contributed by atoms with Crippen LogP contribution in [0.3, 0.4) is 0 Å². The Kier molecular flexibility index (Phi) is 2.33. The summed E-state index contributed by atoms with van der Waals surface area (Å²) in [7, 11) is 0. The largest absolute Gasteiger partial charge is 0.268 e. The number of benzene rings is 1. The van der Waals surface area contributed by atoms with Crippen LogP contribution in [0, 0.1) is 12.7 Å². The third-order valence-electron chi connectivity index (χ3n) is 2.13. The number of aromatic nitrogens is 2. The van der Waals surface area contributed by atoms with E-state index in [2.05, 4.69) is 10.2 Å². The van der Waals surface area contributed by atoms with E-state index >= 15 is 0 Å². The predicted octanol–water partition coefficient (Wildman–Crippen LogP) is 1.88. The molecule has 0 saturated carbocycles. The van der Waals surface area contributed by atoms with Gasteiger partial charge in [-0.2, -0.15) is 5.10 Å². The zero-order valence-electron chi connectivity index (χ0n) is 8.12. The normalized spacial score (nSPS) is 10.3. The highest BCUT2D eigenvalue weighted by atomic mass is 19.1. The maximum atomic E-state index is 13.0. The van der Waals surface area contributed by atoms with Gasteiger partial charge in [0, 0.05) is 11.6 Å². The van der Waals surface area contributed by atoms with Gasteiger partial charge in [0.05, 0.1) is 5.69 Å². The summed E-state index contributed by atoms with van der Waals surface area (Å²) < 4.78 is 13.0. The summed E-state index contributed by atoms with van der Waals surface area (Å²) in [6.07, 6.45) is 0. The summed E-state index contributed by atoms with van der Waals surface area (Å²) in [6, 6.07) is 7.70. The number of nitrogens with zero attached hydrogens (tertiary/aromatic N) is 1. The highest BCUT2D eigenvalue weighted by molar-refractivity contribution is 5.59. The van der Waals surface area contributed by atoms with Crippen LogP contribution in [0.4, 0.5) is 4.39 Å². The molecular formula is C11H9FN2O. The zero-order valence-corrected chi connectivity index (χ0v) is 8.12. The molecule has 2 aromatic rings. The average molecular weight is 204 g/mol. The van der Waals surface area contributed by atoms with Crippen molar-refractivity contribution in [1.82, 2.24) is 10.2 Å². The van der Waals surface area contributed by atoms with Gasteiger partial charge in [-0.15, -0.1) is 0 Å². The second kappa shape index (κ2) is 3.65. The second-order valence-corrected chi connectivity index (χ2v) is 3.27. The van der Waals surface area contributed by atoms with Gasteiger partial charge in [0.2, 0.25) is 0 Å². The van der Waals surface area contributed by atoms with Gasteiger partial charge in [-0.1, -0.05) is 0 Å². The van der Waals surface area contributed by atoms with Crippen molar-refractivity contribution >= 4 is 0 Å². The zero-order chi connectivity index (χ0) is 10.8. The summed E-state index contributed by atoms with van der Waals surface area (Å²) in [6.45, 7) is 1.69. The van der Waals surface area contributed by atoms with Gasteiger partial charge >= 0.3 is 0 Å². The first-order valence-corrected chi connectivity index (χ1v) is 4.49. The van der Waals surface area contributed by atoms with Crippen LogP contribution >= 0.6 is 0 Å². The van der Waals surface area contributed by atoms with Gasteiger partial charge in [0.15, 0.2) is 0 Å². The summed E-state index contributed by atoms with van der Waals surface area (Å²) in [5.41, 5.74) is 1.71. The lowest BCUT2D eigenvalue weighted by atomic mass is 10.1. The van der Waals surface area contributed by atoms with Crippen LogP contribution in [0.5, 0.6) is 0 Å². The molecule has 0 amide bonds. The lowest BCUT2D eigenvalue weighted by Gasteiger charge is -2.01. The molecule has 0 aliphatic heterocycles. The van der Waals surface area contributed by atoms with Crippen molar-refractivity contribution < 1.29 is 4.39 Å². The fourth-order valence-electron chi connectivity index (χ4n) is 1.31. The molecule has 1 N–H and O–H groups in total. The second-order valence-electron chi connectivity index (χ2n) is 3.27. The minimum atomic E-state index is -0.252. The first-order valence-electron chi connectivity index (χ1n) is 4.49. The van der Waals surface area contributed by atoms with Gasteiger partial charge in [0.1, 0.15) is 5.82 Å². The van der Waals surface area contributed by atoms with Crippen LogP contribution in [-0.4, -0.2) is 10.2 Å². The van der Waals surface area contributed by atoms with Crippen molar-refractivity contribution in [2.45, 2.75) is 6.92 Å². The minimum absolute atomic E-state index is 0.247. The number of rotatable bonds is 1. The number of halogens is 1. The smallest absolute Gasteiger partial charge is 0.264 e. The van der Waals surface area contributed by atoms with Crippen LogP contribution < -0.4 is 5.56 Å². The monoisotopic (exact) mass is 204 g/mol. The Bertz CT molecular complexity index is 528. The van der Waals surface area contributed by atoms with E-state index in [1.54, 1.807) is 25.1 Å². The van der Waals surface area contributed by atoms with Gasteiger partial charge in [0.25, 0.3) is 5.56 Å². The molecule has 0 bridgehead atoms. The summed E-state index contributed by atoms with van der Waals surface area (Å²) in [5.74, 6) is -0.247. The summed E-state index contributed by atoms with van der Waals surface area (Å²) >= 11 is 0. The van der Waals surface area contributed by atoms with E-state index in [1.165, 1.54) is 12.1 Å². The van der Waals surface area contributed by atoms with Crippen LogP contribution in [-0.2, 0) is 0 Å². The number of aryl methyl sites for hydroxylation is 1. The molecule has 0 unspecified atom stereocenters. The molecule has 0 spiro atoms. The van der Waals surface area contributed by atoms with E-state index in [-0.39, 0.29) is 11.4 Å². The van der Waals surface area contributed by atoms with E-state index in [0.29, 0.717) is 11.3 Å². The molecule has 4 heteroatoms. The summed E-state index contributed by atoms with van der Waals surface area (Å²) in [4.78, 5) is 10.8. The van der Waals surface area contributed by atoms with E-state index in [1.807, 2.05) is 0 Å². The van der Waals surface area contributed by atoms with Crippen molar-refractivity contribution in [3.63, 3.8) is 0 Å². The van der Waals surface area contributed by atoms with Crippen molar-refractivity contribution in [2.24, 2.45) is 0 Å². The number of hydrogen-bond donors (Lipinski definition) is 1. The van der Waals surface area contributed by atoms with Crippen LogP contribution in [0.2, 0.25) is 0 Å². The van der Waals surface area contributed by atoms with Gasteiger partial charge in [-0.05, 0) is 36.8 Å². The molecule has 76 valence electrons. The molecule has 0 atom stereocenters. The Balaban J connectivity index is 2.50. The predicted molar refractivity (Wildman–Crippen MR) is 55.0 cm³/mol. The van der Waals surface area contributed by atoms with Crippen molar-refractivity contribution in [2.75, 3.05) is 0 Å². The number of H-pyrrole nitrogens is 1. The molecule has 0 fully saturated rings. The molecule has 1 aromatic carbocycles. The SMILES string of the molecule is Cc1cc(-c2ccc(=O)[nH]n2)ccc1F. The highest BCUT2D eigenvalue weighted by Gasteiger charge is 2.02. The Morgan fingerprint density at radius 3 is 2.67 bits per heavy atom. The number of nitrogens with one attached hydrogen (secondary N) is 1. The van der Waals surface area contributed by atoms with E-state index in [4.69, 9.17) is 0 Å². The quantitative estimate of drug-likeness (QED) is 0.770. The Hall–Kier alpha value is -1.97. The third-order valence-corrected chi connectivity index (χ3v) is 2.13. The average Bonchev–Trinajstić information content (AvgIpc) is 2.23. The van der Waals surface area contributed by atoms with Crippen LogP contribution in [0.25, 0.3) is 11.3 Å². The Labute approximate surface area is 85.6 Å². The van der Waals surface area contributed by atoms with Crippen LogP contribution in [0.15, 0.2) is 35.1 Å². The maximum absolute atomic E-state index is 13.0. The molecule has 1 heterocycles. The molecule has 2 rings (SSSR count). The fourth-order valence-corrected chi connectivity index (χ4v) is 1.31.